The Kier molecular flexibility index (Phi) is 5.64. The molecule has 8 heteroatoms. The number of carbonyl (C=O) groups excluding carboxylic acids is 1. The lowest BCUT2D eigenvalue weighted by Gasteiger charge is -2.12. The lowest BCUT2D eigenvalue weighted by molar-refractivity contribution is 0.102. The zero-order valence-corrected chi connectivity index (χ0v) is 17.7. The Morgan fingerprint density at radius 2 is 1.82 bits per heavy atom. The van der Waals surface area contributed by atoms with Gasteiger partial charge in [0.05, 0.1) is 10.6 Å². The van der Waals surface area contributed by atoms with Crippen molar-refractivity contribution in [3.63, 3.8) is 0 Å². The Morgan fingerprint density at radius 3 is 2.50 bits per heavy atom. The van der Waals surface area contributed by atoms with Gasteiger partial charge in [-0.25, -0.2) is 17.7 Å². The molecule has 3 aromatic rings. The number of amides is 1. The van der Waals surface area contributed by atoms with Crippen molar-refractivity contribution in [1.82, 2.24) is 9.29 Å². The fraction of sp³-hybridized carbons (Fsp3) is 0.200. The van der Waals surface area contributed by atoms with E-state index in [2.05, 4.69) is 23.3 Å². The van der Waals surface area contributed by atoms with Gasteiger partial charge < -0.3 is 0 Å². The topological polar surface area (TPSA) is 79.4 Å². The molecule has 1 heterocycles. The number of rotatable bonds is 5. The molecule has 0 saturated heterocycles. The molecular formula is C20H21N3O3S2. The molecule has 0 radical (unpaired) electrons. The maximum Gasteiger partial charge on any atom is 0.257 e. The molecule has 0 aliphatic rings. The monoisotopic (exact) mass is 415 g/mol. The summed E-state index contributed by atoms with van der Waals surface area (Å²) in [6, 6.07) is 12.1. The third-order valence-electron chi connectivity index (χ3n) is 4.40. The Labute approximate surface area is 168 Å². The maximum atomic E-state index is 12.6. The van der Waals surface area contributed by atoms with Gasteiger partial charge in [0.2, 0.25) is 10.0 Å². The number of nitrogens with zero attached hydrogens (tertiary/aromatic N) is 2. The van der Waals surface area contributed by atoms with Crippen LogP contribution < -0.4 is 5.32 Å². The highest BCUT2D eigenvalue weighted by atomic mass is 32.2. The average molecular weight is 416 g/mol. The molecule has 2 aromatic carbocycles. The van der Waals surface area contributed by atoms with E-state index in [1.165, 1.54) is 48.7 Å². The minimum Gasteiger partial charge on any atom is -0.298 e. The van der Waals surface area contributed by atoms with Crippen molar-refractivity contribution in [2.24, 2.45) is 0 Å². The highest BCUT2D eigenvalue weighted by molar-refractivity contribution is 7.89. The molecule has 0 spiro atoms. The smallest absolute Gasteiger partial charge is 0.257 e. The van der Waals surface area contributed by atoms with Crippen molar-refractivity contribution >= 4 is 32.4 Å². The summed E-state index contributed by atoms with van der Waals surface area (Å²) < 4.78 is 25.6. The highest BCUT2D eigenvalue weighted by Gasteiger charge is 2.19. The third-order valence-corrected chi connectivity index (χ3v) is 6.97. The van der Waals surface area contributed by atoms with Gasteiger partial charge in [0.1, 0.15) is 0 Å². The second-order valence-electron chi connectivity index (χ2n) is 6.61. The molecule has 0 unspecified atom stereocenters. The summed E-state index contributed by atoms with van der Waals surface area (Å²) >= 11 is 1.32. The van der Waals surface area contributed by atoms with Gasteiger partial charge >= 0.3 is 0 Å². The molecule has 0 bridgehead atoms. The number of benzene rings is 2. The predicted molar refractivity (Wildman–Crippen MR) is 112 cm³/mol. The summed E-state index contributed by atoms with van der Waals surface area (Å²) in [5.41, 5.74) is 4.41. The SMILES string of the molecule is Cc1ccc(-c2csc(NC(=O)c3cccc(S(=O)(=O)N(C)C)c3)n2)cc1C. The van der Waals surface area contributed by atoms with Gasteiger partial charge in [0.15, 0.2) is 5.13 Å². The molecule has 28 heavy (non-hydrogen) atoms. The first kappa shape index (κ1) is 20.2. The summed E-state index contributed by atoms with van der Waals surface area (Å²) in [6.45, 7) is 4.10. The number of nitrogens with one attached hydrogen (secondary N) is 1. The highest BCUT2D eigenvalue weighted by Crippen LogP contribution is 2.27. The van der Waals surface area contributed by atoms with Crippen molar-refractivity contribution in [1.29, 1.82) is 0 Å². The Hall–Kier alpha value is -2.55. The molecule has 0 aliphatic carbocycles. The Morgan fingerprint density at radius 1 is 1.07 bits per heavy atom. The number of aromatic nitrogens is 1. The summed E-state index contributed by atoms with van der Waals surface area (Å²) in [6.07, 6.45) is 0. The molecule has 0 aliphatic heterocycles. The first-order valence-electron chi connectivity index (χ1n) is 8.55. The van der Waals surface area contributed by atoms with Crippen LogP contribution in [0.15, 0.2) is 52.7 Å². The van der Waals surface area contributed by atoms with Crippen molar-refractivity contribution in [2.45, 2.75) is 18.7 Å². The van der Waals surface area contributed by atoms with Crippen LogP contribution >= 0.6 is 11.3 Å². The number of thiazole rings is 1. The average Bonchev–Trinajstić information content (AvgIpc) is 3.12. The van der Waals surface area contributed by atoms with E-state index >= 15 is 0 Å². The second kappa shape index (κ2) is 7.83. The van der Waals surface area contributed by atoms with Crippen LogP contribution in [-0.2, 0) is 10.0 Å². The minimum absolute atomic E-state index is 0.0695. The summed E-state index contributed by atoms with van der Waals surface area (Å²) in [7, 11) is -0.704. The lowest BCUT2D eigenvalue weighted by atomic mass is 10.1. The van der Waals surface area contributed by atoms with E-state index in [0.29, 0.717) is 5.13 Å². The predicted octanol–water partition coefficient (Wildman–Crippen LogP) is 3.93. The zero-order valence-electron chi connectivity index (χ0n) is 16.1. The van der Waals surface area contributed by atoms with Crippen molar-refractivity contribution in [3.8, 4) is 11.3 Å². The number of hydrogen-bond donors (Lipinski definition) is 1. The first-order chi connectivity index (χ1) is 13.2. The normalized spacial score (nSPS) is 11.6. The van der Waals surface area contributed by atoms with Gasteiger partial charge in [-0.2, -0.15) is 0 Å². The molecule has 0 fully saturated rings. The molecule has 6 nitrogen and oxygen atoms in total. The number of sulfonamides is 1. The quantitative estimate of drug-likeness (QED) is 0.685. The molecule has 1 aromatic heterocycles. The van der Waals surface area contributed by atoms with E-state index in [9.17, 15) is 13.2 Å². The second-order valence-corrected chi connectivity index (χ2v) is 9.62. The number of aryl methyl sites for hydroxylation is 2. The minimum atomic E-state index is -3.61. The maximum absolute atomic E-state index is 12.6. The van der Waals surface area contributed by atoms with E-state index < -0.39 is 15.9 Å². The van der Waals surface area contributed by atoms with Crippen LogP contribution in [0.4, 0.5) is 5.13 Å². The van der Waals surface area contributed by atoms with Gasteiger partial charge in [-0.15, -0.1) is 11.3 Å². The zero-order chi connectivity index (χ0) is 20.5. The standard InChI is InChI=1S/C20H21N3O3S2/c1-13-8-9-15(10-14(13)2)18-12-27-20(21-18)22-19(24)16-6-5-7-17(11-16)28(25,26)23(3)4/h5-12H,1-4H3,(H,21,22,24). The van der Waals surface area contributed by atoms with Crippen LogP contribution in [0, 0.1) is 13.8 Å². The number of hydrogen-bond acceptors (Lipinski definition) is 5. The van der Waals surface area contributed by atoms with Crippen LogP contribution in [0.25, 0.3) is 11.3 Å². The fourth-order valence-corrected chi connectivity index (χ4v) is 4.21. The number of anilines is 1. The van der Waals surface area contributed by atoms with Gasteiger partial charge in [-0.05, 0) is 49.2 Å². The molecule has 1 amide bonds. The molecular weight excluding hydrogens is 394 g/mol. The largest absolute Gasteiger partial charge is 0.298 e. The van der Waals surface area contributed by atoms with E-state index in [-0.39, 0.29) is 10.5 Å². The first-order valence-corrected chi connectivity index (χ1v) is 10.9. The molecule has 3 rings (SSSR count). The fourth-order valence-electron chi connectivity index (χ4n) is 2.54. The van der Waals surface area contributed by atoms with Crippen LogP contribution in [0.3, 0.4) is 0 Å². The van der Waals surface area contributed by atoms with Gasteiger partial charge in [-0.1, -0.05) is 18.2 Å². The van der Waals surface area contributed by atoms with Crippen LogP contribution in [-0.4, -0.2) is 37.7 Å². The van der Waals surface area contributed by atoms with Gasteiger partial charge in [0.25, 0.3) is 5.91 Å². The number of carbonyl (C=O) groups is 1. The van der Waals surface area contributed by atoms with Crippen molar-refractivity contribution in [3.05, 3.63) is 64.5 Å². The third kappa shape index (κ3) is 4.14. The molecule has 146 valence electrons. The molecule has 0 saturated carbocycles. The van der Waals surface area contributed by atoms with Gasteiger partial charge in [-0.3, -0.25) is 10.1 Å². The Bertz CT molecular complexity index is 1140. The van der Waals surface area contributed by atoms with E-state index in [1.807, 2.05) is 24.4 Å². The Balaban J connectivity index is 1.81. The van der Waals surface area contributed by atoms with Crippen molar-refractivity contribution < 1.29 is 13.2 Å². The molecule has 1 N–H and O–H groups in total. The molecule has 0 atom stereocenters. The summed E-state index contributed by atoms with van der Waals surface area (Å²) in [5, 5.41) is 5.08. The summed E-state index contributed by atoms with van der Waals surface area (Å²) in [4.78, 5) is 17.1. The van der Waals surface area contributed by atoms with E-state index in [0.717, 1.165) is 15.6 Å². The summed E-state index contributed by atoms with van der Waals surface area (Å²) in [5.74, 6) is -0.406. The van der Waals surface area contributed by atoms with E-state index in [4.69, 9.17) is 0 Å². The van der Waals surface area contributed by atoms with Crippen LogP contribution in [0.2, 0.25) is 0 Å². The van der Waals surface area contributed by atoms with Crippen LogP contribution in [0.5, 0.6) is 0 Å². The van der Waals surface area contributed by atoms with Gasteiger partial charge in [0, 0.05) is 30.6 Å². The van der Waals surface area contributed by atoms with Crippen LogP contribution in [0.1, 0.15) is 21.5 Å². The van der Waals surface area contributed by atoms with Crippen molar-refractivity contribution in [2.75, 3.05) is 19.4 Å². The lowest BCUT2D eigenvalue weighted by Crippen LogP contribution is -2.22. The van der Waals surface area contributed by atoms with E-state index in [1.54, 1.807) is 12.1 Å².